The zero-order valence-electron chi connectivity index (χ0n) is 13.3. The molecule has 1 aromatic carbocycles. The van der Waals surface area contributed by atoms with E-state index >= 15 is 0 Å². The SMILES string of the molecule is COC(=O)c1[nH]cc(-c2ccc(OC)cc2)c1N1CCOCC1. The Hall–Kier alpha value is -2.47. The number of aromatic nitrogens is 1. The first-order valence-corrected chi connectivity index (χ1v) is 7.51. The van der Waals surface area contributed by atoms with Crippen LogP contribution in [0.5, 0.6) is 5.75 Å². The zero-order valence-corrected chi connectivity index (χ0v) is 13.3. The summed E-state index contributed by atoms with van der Waals surface area (Å²) >= 11 is 0. The number of aromatic amines is 1. The van der Waals surface area contributed by atoms with Gasteiger partial charge in [-0.15, -0.1) is 0 Å². The lowest BCUT2D eigenvalue weighted by molar-refractivity contribution is 0.0594. The van der Waals surface area contributed by atoms with Crippen LogP contribution in [0.4, 0.5) is 5.69 Å². The minimum Gasteiger partial charge on any atom is -0.497 e. The lowest BCUT2D eigenvalue weighted by Crippen LogP contribution is -2.37. The average Bonchev–Trinajstić information content (AvgIpc) is 3.07. The third kappa shape index (κ3) is 3.03. The molecule has 1 saturated heterocycles. The van der Waals surface area contributed by atoms with Crippen LogP contribution in [0.1, 0.15) is 10.5 Å². The Balaban J connectivity index is 2.04. The monoisotopic (exact) mass is 316 g/mol. The maximum atomic E-state index is 12.1. The van der Waals surface area contributed by atoms with Gasteiger partial charge < -0.3 is 24.1 Å². The van der Waals surface area contributed by atoms with Gasteiger partial charge in [-0.2, -0.15) is 0 Å². The number of rotatable bonds is 4. The number of H-pyrrole nitrogens is 1. The number of morpholine rings is 1. The van der Waals surface area contributed by atoms with E-state index in [0.29, 0.717) is 18.9 Å². The van der Waals surface area contributed by atoms with Crippen LogP contribution in [0.25, 0.3) is 11.1 Å². The van der Waals surface area contributed by atoms with E-state index in [1.165, 1.54) is 7.11 Å². The molecule has 0 amide bonds. The minimum atomic E-state index is -0.369. The van der Waals surface area contributed by atoms with Gasteiger partial charge in [0.15, 0.2) is 0 Å². The molecule has 23 heavy (non-hydrogen) atoms. The van der Waals surface area contributed by atoms with Crippen LogP contribution in [0.15, 0.2) is 30.5 Å². The van der Waals surface area contributed by atoms with E-state index in [1.807, 2.05) is 30.5 Å². The summed E-state index contributed by atoms with van der Waals surface area (Å²) in [5.74, 6) is 0.427. The second-order valence-corrected chi connectivity index (χ2v) is 5.25. The third-order valence-electron chi connectivity index (χ3n) is 3.97. The van der Waals surface area contributed by atoms with Crippen molar-refractivity contribution in [2.24, 2.45) is 0 Å². The molecule has 1 aliphatic rings. The highest BCUT2D eigenvalue weighted by molar-refractivity contribution is 5.99. The molecule has 2 aromatic rings. The molecule has 3 rings (SSSR count). The van der Waals surface area contributed by atoms with Gasteiger partial charge in [0.2, 0.25) is 0 Å². The number of hydrogen-bond donors (Lipinski definition) is 1. The van der Waals surface area contributed by atoms with Crippen molar-refractivity contribution in [3.05, 3.63) is 36.2 Å². The fourth-order valence-electron chi connectivity index (χ4n) is 2.78. The first-order valence-electron chi connectivity index (χ1n) is 7.51. The normalized spacial score (nSPS) is 14.6. The predicted octanol–water partition coefficient (Wildman–Crippen LogP) is 2.31. The summed E-state index contributed by atoms with van der Waals surface area (Å²) in [6.07, 6.45) is 1.85. The van der Waals surface area contributed by atoms with Crippen molar-refractivity contribution in [1.29, 1.82) is 0 Å². The van der Waals surface area contributed by atoms with E-state index in [0.717, 1.165) is 35.7 Å². The van der Waals surface area contributed by atoms with Crippen molar-refractivity contribution in [2.75, 3.05) is 45.4 Å². The van der Waals surface area contributed by atoms with Crippen molar-refractivity contribution >= 4 is 11.7 Å². The molecular weight excluding hydrogens is 296 g/mol. The Kier molecular flexibility index (Phi) is 4.52. The first kappa shape index (κ1) is 15.4. The molecule has 1 aromatic heterocycles. The molecule has 0 spiro atoms. The van der Waals surface area contributed by atoms with E-state index in [-0.39, 0.29) is 5.97 Å². The summed E-state index contributed by atoms with van der Waals surface area (Å²) in [5.41, 5.74) is 3.32. The van der Waals surface area contributed by atoms with E-state index in [2.05, 4.69) is 9.88 Å². The topological polar surface area (TPSA) is 63.8 Å². The Morgan fingerprint density at radius 3 is 2.48 bits per heavy atom. The van der Waals surface area contributed by atoms with Gasteiger partial charge in [-0.3, -0.25) is 0 Å². The number of hydrogen-bond acceptors (Lipinski definition) is 5. The molecule has 0 bridgehead atoms. The number of anilines is 1. The Bertz CT molecular complexity index is 672. The number of benzene rings is 1. The number of nitrogens with one attached hydrogen (secondary N) is 1. The van der Waals surface area contributed by atoms with Gasteiger partial charge in [-0.1, -0.05) is 12.1 Å². The van der Waals surface area contributed by atoms with Crippen molar-refractivity contribution in [2.45, 2.75) is 0 Å². The minimum absolute atomic E-state index is 0.369. The second kappa shape index (κ2) is 6.75. The largest absolute Gasteiger partial charge is 0.497 e. The number of methoxy groups -OCH3 is 2. The van der Waals surface area contributed by atoms with Gasteiger partial charge in [0.1, 0.15) is 11.4 Å². The van der Waals surface area contributed by atoms with Gasteiger partial charge in [0.05, 0.1) is 33.1 Å². The molecule has 1 aliphatic heterocycles. The Morgan fingerprint density at radius 1 is 1.17 bits per heavy atom. The third-order valence-corrected chi connectivity index (χ3v) is 3.97. The molecule has 1 fully saturated rings. The maximum Gasteiger partial charge on any atom is 0.356 e. The first-order chi connectivity index (χ1) is 11.2. The van der Waals surface area contributed by atoms with Crippen LogP contribution in [0.3, 0.4) is 0 Å². The summed E-state index contributed by atoms with van der Waals surface area (Å²) in [7, 11) is 3.03. The lowest BCUT2D eigenvalue weighted by Gasteiger charge is -2.29. The number of carbonyl (C=O) groups is 1. The predicted molar refractivity (Wildman–Crippen MR) is 87.2 cm³/mol. The van der Waals surface area contributed by atoms with Gasteiger partial charge in [-0.05, 0) is 17.7 Å². The molecule has 122 valence electrons. The standard InChI is InChI=1S/C17H20N2O4/c1-21-13-5-3-12(4-6-13)14-11-18-15(17(20)22-2)16(14)19-7-9-23-10-8-19/h3-6,11,18H,7-10H2,1-2H3. The van der Waals surface area contributed by atoms with Crippen molar-refractivity contribution in [3.8, 4) is 16.9 Å². The lowest BCUT2D eigenvalue weighted by atomic mass is 10.1. The Morgan fingerprint density at radius 2 is 1.87 bits per heavy atom. The zero-order chi connectivity index (χ0) is 16.2. The molecule has 2 heterocycles. The number of esters is 1. The van der Waals surface area contributed by atoms with Gasteiger partial charge >= 0.3 is 5.97 Å². The molecular formula is C17H20N2O4. The van der Waals surface area contributed by atoms with E-state index in [1.54, 1.807) is 7.11 Å². The number of carbonyl (C=O) groups excluding carboxylic acids is 1. The van der Waals surface area contributed by atoms with E-state index in [9.17, 15) is 4.79 Å². The van der Waals surface area contributed by atoms with Gasteiger partial charge in [0.25, 0.3) is 0 Å². The molecule has 6 heteroatoms. The summed E-state index contributed by atoms with van der Waals surface area (Å²) in [4.78, 5) is 17.3. The van der Waals surface area contributed by atoms with Gasteiger partial charge in [-0.25, -0.2) is 4.79 Å². The van der Waals surface area contributed by atoms with Gasteiger partial charge in [0, 0.05) is 24.8 Å². The number of ether oxygens (including phenoxy) is 3. The number of nitrogens with zero attached hydrogens (tertiary/aromatic N) is 1. The summed E-state index contributed by atoms with van der Waals surface area (Å²) in [6, 6.07) is 7.77. The fraction of sp³-hybridized carbons (Fsp3) is 0.353. The molecule has 0 atom stereocenters. The van der Waals surface area contributed by atoms with Crippen molar-refractivity contribution < 1.29 is 19.0 Å². The van der Waals surface area contributed by atoms with Crippen molar-refractivity contribution in [1.82, 2.24) is 4.98 Å². The molecule has 0 radical (unpaired) electrons. The molecule has 0 unspecified atom stereocenters. The highest BCUT2D eigenvalue weighted by Crippen LogP contribution is 2.35. The van der Waals surface area contributed by atoms with E-state index < -0.39 is 0 Å². The summed E-state index contributed by atoms with van der Waals surface area (Å²) in [6.45, 7) is 2.78. The van der Waals surface area contributed by atoms with Crippen molar-refractivity contribution in [3.63, 3.8) is 0 Å². The molecule has 0 aliphatic carbocycles. The average molecular weight is 316 g/mol. The highest BCUT2D eigenvalue weighted by atomic mass is 16.5. The molecule has 1 N–H and O–H groups in total. The maximum absolute atomic E-state index is 12.1. The molecule has 6 nitrogen and oxygen atoms in total. The van der Waals surface area contributed by atoms with Crippen LogP contribution < -0.4 is 9.64 Å². The fourth-order valence-corrected chi connectivity index (χ4v) is 2.78. The summed E-state index contributed by atoms with van der Waals surface area (Å²) < 4.78 is 15.5. The van der Waals surface area contributed by atoms with Crippen LogP contribution in [-0.2, 0) is 9.47 Å². The van der Waals surface area contributed by atoms with Crippen LogP contribution in [0, 0.1) is 0 Å². The summed E-state index contributed by atoms with van der Waals surface area (Å²) in [5, 5.41) is 0. The second-order valence-electron chi connectivity index (χ2n) is 5.25. The molecule has 0 saturated carbocycles. The Labute approximate surface area is 135 Å². The van der Waals surface area contributed by atoms with E-state index in [4.69, 9.17) is 14.2 Å². The highest BCUT2D eigenvalue weighted by Gasteiger charge is 2.25. The van der Waals surface area contributed by atoms with Crippen LogP contribution in [0.2, 0.25) is 0 Å². The quantitative estimate of drug-likeness (QED) is 0.877. The smallest absolute Gasteiger partial charge is 0.356 e. The van der Waals surface area contributed by atoms with Crippen LogP contribution >= 0.6 is 0 Å². The van der Waals surface area contributed by atoms with Crippen LogP contribution in [-0.4, -0.2) is 51.5 Å².